The molecule has 1 aromatic heterocycles. The molecule has 0 nitrogen and oxygen atoms in total. The van der Waals surface area contributed by atoms with Crippen molar-refractivity contribution in [2.45, 2.75) is 33.6 Å². The third-order valence-electron chi connectivity index (χ3n) is 5.51. The molecule has 1 heteroatoms. The Morgan fingerprint density at radius 1 is 0.783 bits per heavy atom. The Kier molecular flexibility index (Phi) is 3.42. The SMILES string of the molecule is CC1=C(C)C(C)=C(C)[C]1C1C=C(c2cccs2)c2ccccc21. The number of allylic oxidation sites excluding steroid dienone is 5. The van der Waals surface area contributed by atoms with E-state index >= 15 is 0 Å². The van der Waals surface area contributed by atoms with Crippen molar-refractivity contribution in [3.05, 3.63) is 92.1 Å². The van der Waals surface area contributed by atoms with Crippen LogP contribution in [0.25, 0.3) is 5.57 Å². The van der Waals surface area contributed by atoms with Crippen LogP contribution in [0, 0.1) is 5.92 Å². The highest BCUT2D eigenvalue weighted by atomic mass is 32.1. The molecule has 1 heterocycles. The molecule has 2 aromatic rings. The van der Waals surface area contributed by atoms with E-state index in [2.05, 4.69) is 75.5 Å². The zero-order valence-corrected chi connectivity index (χ0v) is 14.9. The van der Waals surface area contributed by atoms with Gasteiger partial charge in [-0.2, -0.15) is 0 Å². The van der Waals surface area contributed by atoms with Gasteiger partial charge in [-0.15, -0.1) is 11.3 Å². The van der Waals surface area contributed by atoms with E-state index in [4.69, 9.17) is 0 Å². The number of hydrogen-bond acceptors (Lipinski definition) is 1. The molecule has 115 valence electrons. The summed E-state index contributed by atoms with van der Waals surface area (Å²) in [6.07, 6.45) is 2.48. The second kappa shape index (κ2) is 5.35. The van der Waals surface area contributed by atoms with E-state index in [1.54, 1.807) is 0 Å². The summed E-state index contributed by atoms with van der Waals surface area (Å²) in [5, 5.41) is 2.17. The van der Waals surface area contributed by atoms with Crippen molar-refractivity contribution in [2.24, 2.45) is 0 Å². The van der Waals surface area contributed by atoms with Crippen LogP contribution >= 0.6 is 11.3 Å². The van der Waals surface area contributed by atoms with Crippen LogP contribution in [0.4, 0.5) is 0 Å². The van der Waals surface area contributed by atoms with Crippen LogP contribution in [0.1, 0.15) is 49.6 Å². The van der Waals surface area contributed by atoms with Gasteiger partial charge in [0.1, 0.15) is 0 Å². The van der Waals surface area contributed by atoms with Crippen molar-refractivity contribution in [2.75, 3.05) is 0 Å². The van der Waals surface area contributed by atoms with Crippen LogP contribution in [-0.4, -0.2) is 0 Å². The Morgan fingerprint density at radius 3 is 2.13 bits per heavy atom. The van der Waals surface area contributed by atoms with Crippen LogP contribution < -0.4 is 0 Å². The fourth-order valence-electron chi connectivity index (χ4n) is 3.96. The molecule has 0 fully saturated rings. The van der Waals surface area contributed by atoms with Crippen LogP contribution in [0.5, 0.6) is 0 Å². The van der Waals surface area contributed by atoms with Gasteiger partial charge >= 0.3 is 0 Å². The lowest BCUT2D eigenvalue weighted by molar-refractivity contribution is 0.898. The first-order valence-corrected chi connectivity index (χ1v) is 9.05. The molecule has 1 unspecified atom stereocenters. The van der Waals surface area contributed by atoms with Gasteiger partial charge in [-0.25, -0.2) is 0 Å². The molecule has 1 aromatic carbocycles. The normalized spacial score (nSPS) is 21.2. The number of rotatable bonds is 2. The van der Waals surface area contributed by atoms with Crippen molar-refractivity contribution in [3.8, 4) is 0 Å². The number of hydrogen-bond donors (Lipinski definition) is 0. The summed E-state index contributed by atoms with van der Waals surface area (Å²) in [6.45, 7) is 9.08. The van der Waals surface area contributed by atoms with Crippen molar-refractivity contribution in [1.82, 2.24) is 0 Å². The van der Waals surface area contributed by atoms with Crippen molar-refractivity contribution in [1.29, 1.82) is 0 Å². The summed E-state index contributed by atoms with van der Waals surface area (Å²) in [6, 6.07) is 13.3. The van der Waals surface area contributed by atoms with E-state index in [1.807, 2.05) is 11.3 Å². The molecular weight excluding hydrogens is 296 g/mol. The van der Waals surface area contributed by atoms with Crippen LogP contribution in [0.3, 0.4) is 0 Å². The minimum absolute atomic E-state index is 0.385. The minimum Gasteiger partial charge on any atom is -0.144 e. The topological polar surface area (TPSA) is 0 Å². The largest absolute Gasteiger partial charge is 0.144 e. The third-order valence-corrected chi connectivity index (χ3v) is 6.42. The zero-order valence-electron chi connectivity index (χ0n) is 14.1. The van der Waals surface area contributed by atoms with Crippen molar-refractivity contribution < 1.29 is 0 Å². The Morgan fingerprint density at radius 2 is 1.48 bits per heavy atom. The highest BCUT2D eigenvalue weighted by molar-refractivity contribution is 7.11. The van der Waals surface area contributed by atoms with E-state index in [0.717, 1.165) is 0 Å². The molecule has 4 rings (SSSR count). The van der Waals surface area contributed by atoms with Gasteiger partial charge in [0.25, 0.3) is 0 Å². The van der Waals surface area contributed by atoms with Gasteiger partial charge in [-0.3, -0.25) is 0 Å². The molecule has 0 N–H and O–H groups in total. The average Bonchev–Trinajstić information content (AvgIpc) is 3.24. The summed E-state index contributed by atoms with van der Waals surface area (Å²) >= 11 is 1.83. The molecule has 0 amide bonds. The van der Waals surface area contributed by atoms with E-state index in [0.29, 0.717) is 5.92 Å². The predicted molar refractivity (Wildman–Crippen MR) is 101 cm³/mol. The molecule has 2 aliphatic carbocycles. The quantitative estimate of drug-likeness (QED) is 0.590. The monoisotopic (exact) mass is 317 g/mol. The van der Waals surface area contributed by atoms with E-state index in [-0.39, 0.29) is 0 Å². The molecular formula is C22H21S. The molecule has 0 saturated carbocycles. The van der Waals surface area contributed by atoms with Crippen molar-refractivity contribution in [3.63, 3.8) is 0 Å². The summed E-state index contributed by atoms with van der Waals surface area (Å²) in [5.74, 6) is 1.90. The van der Waals surface area contributed by atoms with E-state index in [1.165, 1.54) is 49.8 Å². The van der Waals surface area contributed by atoms with E-state index < -0.39 is 0 Å². The first-order chi connectivity index (χ1) is 11.1. The Bertz CT molecular complexity index is 835. The number of thiophene rings is 1. The standard InChI is InChI=1S/C22H21S/c1-13-14(2)16(4)22(15(13)3)20-12-19(21-10-7-11-23-21)17-8-5-6-9-18(17)20/h5-12,20H,1-4H3. The zero-order chi connectivity index (χ0) is 16.1. The molecule has 0 aliphatic heterocycles. The van der Waals surface area contributed by atoms with Gasteiger partial charge in [-0.05, 0) is 67.0 Å². The number of fused-ring (bicyclic) bond motifs is 1. The van der Waals surface area contributed by atoms with Gasteiger partial charge in [0.05, 0.1) is 0 Å². The Balaban J connectivity index is 1.88. The fourth-order valence-corrected chi connectivity index (χ4v) is 4.73. The summed E-state index contributed by atoms with van der Waals surface area (Å²) in [7, 11) is 0. The fraction of sp³-hybridized carbons (Fsp3) is 0.227. The van der Waals surface area contributed by atoms with Crippen LogP contribution in [0.15, 0.2) is 70.1 Å². The molecule has 0 bridgehead atoms. The van der Waals surface area contributed by atoms with Gasteiger partial charge < -0.3 is 0 Å². The molecule has 0 spiro atoms. The molecule has 1 radical (unpaired) electrons. The Labute approximate surface area is 142 Å². The number of benzene rings is 1. The summed E-state index contributed by atoms with van der Waals surface area (Å²) in [4.78, 5) is 1.37. The van der Waals surface area contributed by atoms with Crippen molar-refractivity contribution >= 4 is 16.9 Å². The van der Waals surface area contributed by atoms with E-state index in [9.17, 15) is 0 Å². The van der Waals surface area contributed by atoms with Gasteiger partial charge in [0.15, 0.2) is 0 Å². The minimum atomic E-state index is 0.385. The lowest BCUT2D eigenvalue weighted by Crippen LogP contribution is -2.08. The summed E-state index contributed by atoms with van der Waals surface area (Å²) in [5.41, 5.74) is 10.1. The predicted octanol–water partition coefficient (Wildman–Crippen LogP) is 6.54. The maximum absolute atomic E-state index is 2.48. The molecule has 2 aliphatic rings. The Hall–Kier alpha value is -1.86. The highest BCUT2D eigenvalue weighted by Crippen LogP contribution is 2.52. The van der Waals surface area contributed by atoms with Gasteiger partial charge in [-0.1, -0.05) is 47.6 Å². The third kappa shape index (κ3) is 2.10. The lowest BCUT2D eigenvalue weighted by atomic mass is 9.81. The second-order valence-electron chi connectivity index (χ2n) is 6.54. The lowest BCUT2D eigenvalue weighted by Gasteiger charge is -2.22. The first kappa shape index (κ1) is 14.7. The first-order valence-electron chi connectivity index (χ1n) is 8.17. The maximum atomic E-state index is 2.48. The molecule has 23 heavy (non-hydrogen) atoms. The maximum Gasteiger partial charge on any atom is 0.0370 e. The smallest absolute Gasteiger partial charge is 0.0370 e. The van der Waals surface area contributed by atoms with Gasteiger partial charge in [0.2, 0.25) is 0 Å². The molecule has 0 saturated heterocycles. The highest BCUT2D eigenvalue weighted by Gasteiger charge is 2.36. The summed E-state index contributed by atoms with van der Waals surface area (Å²) < 4.78 is 0. The van der Waals surface area contributed by atoms with Gasteiger partial charge in [0, 0.05) is 16.7 Å². The second-order valence-corrected chi connectivity index (χ2v) is 7.48. The van der Waals surface area contributed by atoms with Crippen LogP contribution in [-0.2, 0) is 0 Å². The average molecular weight is 317 g/mol. The molecule has 1 atom stereocenters. The van der Waals surface area contributed by atoms with Crippen LogP contribution in [0.2, 0.25) is 0 Å².